The van der Waals surface area contributed by atoms with Gasteiger partial charge in [0.05, 0.1) is 0 Å². The first-order valence-electron chi connectivity index (χ1n) is 16.6. The summed E-state index contributed by atoms with van der Waals surface area (Å²) in [6.07, 6.45) is 2.08. The van der Waals surface area contributed by atoms with E-state index >= 15 is 0 Å². The van der Waals surface area contributed by atoms with Gasteiger partial charge in [-0.05, 0) is 94.2 Å². The molecule has 0 aliphatic carbocycles. The van der Waals surface area contributed by atoms with Gasteiger partial charge in [0.1, 0.15) is 44.9 Å². The normalized spacial score (nSPS) is 12.7. The van der Waals surface area contributed by atoms with E-state index in [1.54, 1.807) is 12.1 Å². The summed E-state index contributed by atoms with van der Waals surface area (Å²) in [5.74, 6) is 0.372. The predicted octanol–water partition coefficient (Wildman–Crippen LogP) is 9.68. The van der Waals surface area contributed by atoms with Gasteiger partial charge >= 0.3 is 0 Å². The molecule has 0 aliphatic rings. The Morgan fingerprint density at radius 1 is 0.458 bits per heavy atom. The lowest BCUT2D eigenvalue weighted by atomic mass is 9.72. The molecule has 0 bridgehead atoms. The van der Waals surface area contributed by atoms with E-state index in [0.29, 0.717) is 11.4 Å². The Hall–Kier alpha value is -4.72. The molecule has 0 atom stereocenters. The maximum atomic E-state index is 10.3. The third-order valence-electron chi connectivity index (χ3n) is 8.46. The van der Waals surface area contributed by atoms with Crippen LogP contribution in [0.1, 0.15) is 93.2 Å². The highest BCUT2D eigenvalue weighted by atomic mass is 16.3. The molecule has 2 aromatic heterocycles. The van der Waals surface area contributed by atoms with Gasteiger partial charge < -0.3 is 10.2 Å². The summed E-state index contributed by atoms with van der Waals surface area (Å²) in [4.78, 5) is 3.05. The zero-order valence-electron chi connectivity index (χ0n) is 30.1. The van der Waals surface area contributed by atoms with Crippen LogP contribution in [0.3, 0.4) is 0 Å². The molecule has 6 aromatic rings. The Kier molecular flexibility index (Phi) is 9.17. The lowest BCUT2D eigenvalue weighted by Gasteiger charge is -2.33. The van der Waals surface area contributed by atoms with Crippen LogP contribution in [-0.4, -0.2) is 40.2 Å². The third-order valence-corrected chi connectivity index (χ3v) is 8.46. The van der Waals surface area contributed by atoms with Crippen molar-refractivity contribution in [2.24, 2.45) is 10.8 Å². The van der Waals surface area contributed by atoms with Crippen LogP contribution in [0, 0.1) is 10.8 Å². The number of nitrogens with zero attached hydrogens (tertiary/aromatic N) is 6. The summed E-state index contributed by atoms with van der Waals surface area (Å²) in [5, 5.41) is 38.6. The highest BCUT2D eigenvalue weighted by Gasteiger charge is 2.29. The Bertz CT molecular complexity index is 1830. The molecular formula is C40H50N6O2. The van der Waals surface area contributed by atoms with Crippen molar-refractivity contribution in [1.29, 1.82) is 0 Å². The second kappa shape index (κ2) is 12.7. The number of rotatable bonds is 6. The van der Waals surface area contributed by atoms with E-state index in [-0.39, 0.29) is 33.2 Å². The standard InChI is InChI=1S/2C20H25N3O/c2*1-19(2,3)13-20(4,5)14-10-11-18(24)17(12-14)23-21-15-8-6-7-9-16(15)22-23/h2*6-12,24H,13H2,1-5H3. The Morgan fingerprint density at radius 3 is 1.02 bits per heavy atom. The second-order valence-corrected chi connectivity index (χ2v) is 16.6. The van der Waals surface area contributed by atoms with Crippen LogP contribution >= 0.6 is 0 Å². The number of benzene rings is 4. The minimum absolute atomic E-state index is 0.00667. The van der Waals surface area contributed by atoms with Gasteiger partial charge in [-0.1, -0.05) is 106 Å². The van der Waals surface area contributed by atoms with Gasteiger partial charge in [-0.15, -0.1) is 30.0 Å². The molecule has 2 heterocycles. The average Bonchev–Trinajstić information content (AvgIpc) is 3.60. The van der Waals surface area contributed by atoms with Crippen LogP contribution in [0.2, 0.25) is 0 Å². The van der Waals surface area contributed by atoms with Crippen LogP contribution in [0.25, 0.3) is 33.4 Å². The largest absolute Gasteiger partial charge is 0.506 e. The maximum absolute atomic E-state index is 10.3. The lowest BCUT2D eigenvalue weighted by Crippen LogP contribution is -2.25. The van der Waals surface area contributed by atoms with Gasteiger partial charge in [0, 0.05) is 0 Å². The van der Waals surface area contributed by atoms with E-state index in [1.807, 2.05) is 72.8 Å². The number of fused-ring (bicyclic) bond motifs is 2. The van der Waals surface area contributed by atoms with E-state index in [1.165, 1.54) is 20.7 Å². The Balaban J connectivity index is 0.000000188. The molecular weight excluding hydrogens is 596 g/mol. The minimum Gasteiger partial charge on any atom is -0.506 e. The molecule has 0 saturated heterocycles. The number of phenolic OH excluding ortho intramolecular Hbond substituents is 2. The molecule has 0 spiro atoms. The summed E-state index contributed by atoms with van der Waals surface area (Å²) in [6, 6.07) is 26.9. The van der Waals surface area contributed by atoms with E-state index in [9.17, 15) is 10.2 Å². The maximum Gasteiger partial charge on any atom is 0.143 e. The smallest absolute Gasteiger partial charge is 0.143 e. The summed E-state index contributed by atoms with van der Waals surface area (Å²) < 4.78 is 0. The Morgan fingerprint density at radius 2 is 0.750 bits per heavy atom. The molecule has 0 aliphatic heterocycles. The van der Waals surface area contributed by atoms with Crippen LogP contribution < -0.4 is 0 Å². The first-order valence-corrected chi connectivity index (χ1v) is 16.6. The molecule has 48 heavy (non-hydrogen) atoms. The number of phenols is 2. The van der Waals surface area contributed by atoms with Crippen molar-refractivity contribution < 1.29 is 10.2 Å². The van der Waals surface area contributed by atoms with Crippen molar-refractivity contribution in [1.82, 2.24) is 30.0 Å². The molecule has 2 N–H and O–H groups in total. The first-order chi connectivity index (χ1) is 22.3. The molecule has 8 nitrogen and oxygen atoms in total. The lowest BCUT2D eigenvalue weighted by molar-refractivity contribution is 0.283. The molecule has 0 fully saturated rings. The van der Waals surface area contributed by atoms with Crippen LogP contribution in [0.15, 0.2) is 84.9 Å². The molecule has 6 rings (SSSR count). The Labute approximate surface area is 284 Å². The topological polar surface area (TPSA) is 102 Å². The molecule has 0 saturated carbocycles. The monoisotopic (exact) mass is 646 g/mol. The van der Waals surface area contributed by atoms with Gasteiger partial charge in [-0.25, -0.2) is 0 Å². The van der Waals surface area contributed by atoms with Gasteiger partial charge in [0.2, 0.25) is 0 Å². The zero-order valence-corrected chi connectivity index (χ0v) is 30.1. The fraction of sp³-hybridized carbons (Fsp3) is 0.400. The molecule has 0 radical (unpaired) electrons. The van der Waals surface area contributed by atoms with Gasteiger partial charge in [0.15, 0.2) is 0 Å². The van der Waals surface area contributed by atoms with Crippen LogP contribution in [0.4, 0.5) is 0 Å². The summed E-state index contributed by atoms with van der Waals surface area (Å²) in [6.45, 7) is 22.4. The van der Waals surface area contributed by atoms with E-state index < -0.39 is 0 Å². The fourth-order valence-corrected chi connectivity index (χ4v) is 7.00. The first kappa shape index (κ1) is 34.6. The highest BCUT2D eigenvalue weighted by Crippen LogP contribution is 2.39. The highest BCUT2D eigenvalue weighted by molar-refractivity contribution is 5.74. The summed E-state index contributed by atoms with van der Waals surface area (Å²) >= 11 is 0. The van der Waals surface area contributed by atoms with E-state index in [2.05, 4.69) is 89.6 Å². The van der Waals surface area contributed by atoms with Gasteiger partial charge in [-0.2, -0.15) is 0 Å². The number of aromatic nitrogens is 6. The predicted molar refractivity (Wildman–Crippen MR) is 195 cm³/mol. The molecule has 0 unspecified atom stereocenters. The van der Waals surface area contributed by atoms with Crippen molar-refractivity contribution in [3.63, 3.8) is 0 Å². The van der Waals surface area contributed by atoms with Crippen molar-refractivity contribution in [3.8, 4) is 22.9 Å². The quantitative estimate of drug-likeness (QED) is 0.187. The van der Waals surface area contributed by atoms with E-state index in [0.717, 1.165) is 34.9 Å². The van der Waals surface area contributed by atoms with Crippen molar-refractivity contribution in [3.05, 3.63) is 96.1 Å². The molecule has 4 aromatic carbocycles. The molecule has 8 heteroatoms. The fourth-order valence-electron chi connectivity index (χ4n) is 7.00. The SMILES string of the molecule is CC(C)(C)CC(C)(C)c1ccc(O)c(-n2nc3ccccc3n2)c1.CC(C)(C)CC(C)(C)c1ccc(O)c(-n2nc3ccccc3n2)c1. The number of hydrogen-bond acceptors (Lipinski definition) is 6. The van der Waals surface area contributed by atoms with Crippen molar-refractivity contribution in [2.45, 2.75) is 92.9 Å². The van der Waals surface area contributed by atoms with Crippen molar-refractivity contribution >= 4 is 22.1 Å². The summed E-state index contributed by atoms with van der Waals surface area (Å²) in [5.41, 5.74) is 7.27. The zero-order chi connectivity index (χ0) is 35.1. The van der Waals surface area contributed by atoms with Gasteiger partial charge in [-0.3, -0.25) is 0 Å². The summed E-state index contributed by atoms with van der Waals surface area (Å²) in [7, 11) is 0. The van der Waals surface area contributed by atoms with Gasteiger partial charge in [0.25, 0.3) is 0 Å². The molecule has 0 amide bonds. The van der Waals surface area contributed by atoms with Crippen LogP contribution in [0.5, 0.6) is 11.5 Å². The molecule has 252 valence electrons. The van der Waals surface area contributed by atoms with E-state index in [4.69, 9.17) is 0 Å². The minimum atomic E-state index is -0.00667. The third kappa shape index (κ3) is 8.04. The second-order valence-electron chi connectivity index (χ2n) is 16.6. The number of hydrogen-bond donors (Lipinski definition) is 2. The number of aromatic hydroxyl groups is 2. The van der Waals surface area contributed by atoms with Crippen LogP contribution in [-0.2, 0) is 10.8 Å². The van der Waals surface area contributed by atoms with Crippen molar-refractivity contribution in [2.75, 3.05) is 0 Å². The average molecular weight is 647 g/mol.